The highest BCUT2D eigenvalue weighted by Crippen LogP contribution is 2.35. The number of hydrogen-bond donors (Lipinski definition) is 1. The maximum atomic E-state index is 13.0. The Balaban J connectivity index is 1.72. The summed E-state index contributed by atoms with van der Waals surface area (Å²) in [5.74, 6) is 0.688. The molecule has 2 aromatic rings. The lowest BCUT2D eigenvalue weighted by Crippen LogP contribution is -2.30. The maximum absolute atomic E-state index is 13.0. The molecule has 1 saturated heterocycles. The maximum Gasteiger partial charge on any atom is 0.344 e. The molecule has 1 amide bonds. The van der Waals surface area contributed by atoms with Crippen LogP contribution in [0.2, 0.25) is 0 Å². The van der Waals surface area contributed by atoms with E-state index in [1.54, 1.807) is 43.4 Å². The number of hydrogen-bond acceptors (Lipinski definition) is 8. The summed E-state index contributed by atoms with van der Waals surface area (Å²) in [6.45, 7) is 1.86. The molecule has 1 N–H and O–H groups in total. The van der Waals surface area contributed by atoms with Crippen LogP contribution in [0.25, 0.3) is 6.08 Å². The van der Waals surface area contributed by atoms with Gasteiger partial charge in [0.2, 0.25) is 0 Å². The van der Waals surface area contributed by atoms with E-state index in [2.05, 4.69) is 0 Å². The zero-order valence-corrected chi connectivity index (χ0v) is 20.8. The van der Waals surface area contributed by atoms with Gasteiger partial charge in [-0.1, -0.05) is 36.1 Å². The van der Waals surface area contributed by atoms with E-state index in [-0.39, 0.29) is 5.91 Å². The van der Waals surface area contributed by atoms with Gasteiger partial charge in [-0.25, -0.2) is 4.79 Å². The Hall–Kier alpha value is -3.24. The number of rotatable bonds is 10. The highest BCUT2D eigenvalue weighted by Gasteiger charge is 2.31. The average Bonchev–Trinajstić information content (AvgIpc) is 3.09. The number of thioether (sulfide) groups is 1. The van der Waals surface area contributed by atoms with Gasteiger partial charge in [0.25, 0.3) is 5.91 Å². The zero-order valence-electron chi connectivity index (χ0n) is 19.2. The molecular weight excluding hydrogens is 478 g/mol. The van der Waals surface area contributed by atoms with E-state index in [4.69, 9.17) is 36.3 Å². The third kappa shape index (κ3) is 5.81. The lowest BCUT2D eigenvalue weighted by Gasteiger charge is -2.15. The Kier molecular flexibility index (Phi) is 8.41. The Morgan fingerprint density at radius 1 is 1.06 bits per heavy atom. The van der Waals surface area contributed by atoms with Crippen LogP contribution >= 0.6 is 24.0 Å². The van der Waals surface area contributed by atoms with Crippen LogP contribution in [0.4, 0.5) is 0 Å². The molecule has 2 aromatic carbocycles. The molecule has 0 bridgehead atoms. The SMILES string of the molecule is COc1ccc(CCN2C(=O)/C(=C\c3ccc(OC(C)C(=O)O)c(OC)c3)SC2=S)cc1OC. The van der Waals surface area contributed by atoms with Crippen LogP contribution in [-0.4, -0.2) is 60.2 Å². The number of carbonyl (C=O) groups is 2. The van der Waals surface area contributed by atoms with Crippen molar-refractivity contribution in [3.05, 3.63) is 52.4 Å². The van der Waals surface area contributed by atoms with E-state index in [1.165, 1.54) is 25.8 Å². The normalized spacial score (nSPS) is 15.4. The minimum absolute atomic E-state index is 0.172. The van der Waals surface area contributed by atoms with Gasteiger partial charge < -0.3 is 24.1 Å². The van der Waals surface area contributed by atoms with Crippen molar-refractivity contribution in [2.45, 2.75) is 19.4 Å². The third-order valence-corrected chi connectivity index (χ3v) is 6.46. The number of nitrogens with zero attached hydrogens (tertiary/aromatic N) is 1. The highest BCUT2D eigenvalue weighted by atomic mass is 32.2. The minimum Gasteiger partial charge on any atom is -0.493 e. The lowest BCUT2D eigenvalue weighted by molar-refractivity contribution is -0.144. The molecule has 0 saturated carbocycles. The Labute approximate surface area is 207 Å². The average molecular weight is 504 g/mol. The van der Waals surface area contributed by atoms with Crippen LogP contribution in [0.5, 0.6) is 23.0 Å². The van der Waals surface area contributed by atoms with Crippen molar-refractivity contribution >= 4 is 46.3 Å². The summed E-state index contributed by atoms with van der Waals surface area (Å²) in [6, 6.07) is 10.7. The molecule has 0 radical (unpaired) electrons. The van der Waals surface area contributed by atoms with E-state index in [1.807, 2.05) is 18.2 Å². The van der Waals surface area contributed by atoms with Crippen LogP contribution in [0.3, 0.4) is 0 Å². The molecule has 0 spiro atoms. The van der Waals surface area contributed by atoms with Crippen molar-refractivity contribution < 1.29 is 33.6 Å². The number of aliphatic carboxylic acids is 1. The van der Waals surface area contributed by atoms with Gasteiger partial charge in [-0.3, -0.25) is 9.69 Å². The molecule has 1 fully saturated rings. The predicted octanol–water partition coefficient (Wildman–Crippen LogP) is 4.01. The largest absolute Gasteiger partial charge is 0.493 e. The van der Waals surface area contributed by atoms with Crippen molar-refractivity contribution in [3.8, 4) is 23.0 Å². The fraction of sp³-hybridized carbons (Fsp3) is 0.292. The fourth-order valence-corrected chi connectivity index (χ4v) is 4.54. The number of benzene rings is 2. The molecular formula is C24H25NO7S2. The number of thiocarbonyl (C=S) groups is 1. The molecule has 1 aliphatic heterocycles. The van der Waals surface area contributed by atoms with Crippen LogP contribution in [0.1, 0.15) is 18.1 Å². The van der Waals surface area contributed by atoms with Crippen LogP contribution in [0.15, 0.2) is 41.3 Å². The summed E-state index contributed by atoms with van der Waals surface area (Å²) < 4.78 is 21.8. The minimum atomic E-state index is -1.08. The van der Waals surface area contributed by atoms with Crippen molar-refractivity contribution in [3.63, 3.8) is 0 Å². The second-order valence-electron chi connectivity index (χ2n) is 7.28. The number of carboxylic acids is 1. The summed E-state index contributed by atoms with van der Waals surface area (Å²) in [4.78, 5) is 26.1. The van der Waals surface area contributed by atoms with Gasteiger partial charge in [0.15, 0.2) is 29.1 Å². The van der Waals surface area contributed by atoms with Crippen LogP contribution < -0.4 is 18.9 Å². The smallest absolute Gasteiger partial charge is 0.344 e. The van der Waals surface area contributed by atoms with Gasteiger partial charge in [-0.2, -0.15) is 0 Å². The number of amides is 1. The van der Waals surface area contributed by atoms with Gasteiger partial charge in [0.1, 0.15) is 4.32 Å². The summed E-state index contributed by atoms with van der Waals surface area (Å²) >= 11 is 6.67. The van der Waals surface area contributed by atoms with Crippen LogP contribution in [0, 0.1) is 0 Å². The fourth-order valence-electron chi connectivity index (χ4n) is 3.23. The van der Waals surface area contributed by atoms with E-state index >= 15 is 0 Å². The lowest BCUT2D eigenvalue weighted by atomic mass is 10.1. The zero-order chi connectivity index (χ0) is 24.8. The molecule has 10 heteroatoms. The summed E-state index contributed by atoms with van der Waals surface area (Å²) in [6.07, 6.45) is 1.30. The number of methoxy groups -OCH3 is 3. The molecule has 180 valence electrons. The third-order valence-electron chi connectivity index (χ3n) is 5.08. The van der Waals surface area contributed by atoms with E-state index in [0.717, 1.165) is 5.56 Å². The number of carbonyl (C=O) groups excluding carboxylic acids is 1. The van der Waals surface area contributed by atoms with Crippen LogP contribution in [-0.2, 0) is 16.0 Å². The van der Waals surface area contributed by atoms with Gasteiger partial charge in [-0.05, 0) is 54.8 Å². The first kappa shape index (κ1) is 25.4. The first-order chi connectivity index (χ1) is 16.3. The molecule has 34 heavy (non-hydrogen) atoms. The Bertz CT molecular complexity index is 1130. The predicted molar refractivity (Wildman–Crippen MR) is 134 cm³/mol. The van der Waals surface area contributed by atoms with E-state index in [9.17, 15) is 9.59 Å². The number of carboxylic acid groups (broad SMARTS) is 1. The summed E-state index contributed by atoms with van der Waals surface area (Å²) in [5.41, 5.74) is 1.69. The molecule has 1 unspecified atom stereocenters. The van der Waals surface area contributed by atoms with Crippen molar-refractivity contribution in [2.24, 2.45) is 0 Å². The van der Waals surface area contributed by atoms with E-state index in [0.29, 0.717) is 50.8 Å². The monoisotopic (exact) mass is 503 g/mol. The Morgan fingerprint density at radius 2 is 1.71 bits per heavy atom. The van der Waals surface area contributed by atoms with Gasteiger partial charge in [-0.15, -0.1) is 0 Å². The van der Waals surface area contributed by atoms with Crippen molar-refractivity contribution in [1.82, 2.24) is 4.90 Å². The second-order valence-corrected chi connectivity index (χ2v) is 8.96. The van der Waals surface area contributed by atoms with Gasteiger partial charge in [0, 0.05) is 6.54 Å². The molecule has 1 atom stereocenters. The highest BCUT2D eigenvalue weighted by molar-refractivity contribution is 8.26. The summed E-state index contributed by atoms with van der Waals surface area (Å²) in [7, 11) is 4.62. The molecule has 1 heterocycles. The summed E-state index contributed by atoms with van der Waals surface area (Å²) in [5, 5.41) is 9.05. The topological polar surface area (TPSA) is 94.5 Å². The number of ether oxygens (including phenoxy) is 4. The quantitative estimate of drug-likeness (QED) is 0.381. The first-order valence-electron chi connectivity index (χ1n) is 10.3. The van der Waals surface area contributed by atoms with Gasteiger partial charge >= 0.3 is 5.97 Å². The standard InChI is InChI=1S/C24H25NO7S2/c1-14(23(27)28)32-18-8-6-16(12-20(18)31-4)13-21-22(26)25(24(33)34-21)10-9-15-5-7-17(29-2)19(11-15)30-3/h5-8,11-14H,9-10H2,1-4H3,(H,27,28)/b21-13+. The molecule has 1 aliphatic rings. The van der Waals surface area contributed by atoms with Gasteiger partial charge in [0.05, 0.1) is 26.2 Å². The molecule has 0 aliphatic carbocycles. The first-order valence-corrected chi connectivity index (χ1v) is 11.5. The van der Waals surface area contributed by atoms with Crippen molar-refractivity contribution in [1.29, 1.82) is 0 Å². The Morgan fingerprint density at radius 3 is 2.35 bits per heavy atom. The van der Waals surface area contributed by atoms with E-state index < -0.39 is 12.1 Å². The molecule has 8 nitrogen and oxygen atoms in total. The molecule has 0 aromatic heterocycles. The molecule has 3 rings (SSSR count). The van der Waals surface area contributed by atoms with Crippen molar-refractivity contribution in [2.75, 3.05) is 27.9 Å². The second kappa shape index (κ2) is 11.3.